The van der Waals surface area contributed by atoms with Crippen LogP contribution in [0.5, 0.6) is 0 Å². The summed E-state index contributed by atoms with van der Waals surface area (Å²) in [5, 5.41) is 4.33. The van der Waals surface area contributed by atoms with Gasteiger partial charge in [0, 0.05) is 36.9 Å². The minimum atomic E-state index is -0.320. The summed E-state index contributed by atoms with van der Waals surface area (Å²) in [4.78, 5) is 26.4. The minimum absolute atomic E-state index is 0.0811. The maximum atomic E-state index is 12.8. The highest BCUT2D eigenvalue weighted by Gasteiger charge is 2.19. The molecule has 0 saturated carbocycles. The average molecular weight is 390 g/mol. The summed E-state index contributed by atoms with van der Waals surface area (Å²) in [7, 11) is 3.48. The molecule has 0 saturated heterocycles. The van der Waals surface area contributed by atoms with E-state index in [0.29, 0.717) is 21.3 Å². The zero-order valence-corrected chi connectivity index (χ0v) is 15.8. The Morgan fingerprint density at radius 2 is 1.85 bits per heavy atom. The lowest BCUT2D eigenvalue weighted by molar-refractivity contribution is -0.116. The number of likely N-dealkylation sites (N-methyl/N-ethyl adjacent to an activating group) is 1. The van der Waals surface area contributed by atoms with Gasteiger partial charge in [0.2, 0.25) is 5.91 Å². The van der Waals surface area contributed by atoms with Crippen LogP contribution >= 0.6 is 23.2 Å². The van der Waals surface area contributed by atoms with Gasteiger partial charge in [0.15, 0.2) is 0 Å². The van der Waals surface area contributed by atoms with Crippen LogP contribution in [0.4, 0.5) is 5.69 Å². The minimum Gasteiger partial charge on any atom is -0.350 e. The fourth-order valence-corrected chi connectivity index (χ4v) is 3.08. The molecule has 0 spiro atoms. The zero-order valence-electron chi connectivity index (χ0n) is 14.3. The van der Waals surface area contributed by atoms with E-state index in [2.05, 4.69) is 5.32 Å². The van der Waals surface area contributed by atoms with Crippen LogP contribution in [0.2, 0.25) is 10.0 Å². The Balaban J connectivity index is 1.72. The van der Waals surface area contributed by atoms with Crippen molar-refractivity contribution >= 4 is 51.6 Å². The van der Waals surface area contributed by atoms with Crippen molar-refractivity contribution in [3.63, 3.8) is 0 Å². The molecule has 2 aromatic carbocycles. The number of hydrogen-bond donors (Lipinski definition) is 1. The Morgan fingerprint density at radius 3 is 2.58 bits per heavy atom. The molecule has 7 heteroatoms. The molecule has 0 radical (unpaired) electrons. The summed E-state index contributed by atoms with van der Waals surface area (Å²) in [6, 6.07) is 12.5. The molecule has 0 fully saturated rings. The van der Waals surface area contributed by atoms with Crippen LogP contribution in [0.1, 0.15) is 10.4 Å². The maximum Gasteiger partial charge on any atom is 0.256 e. The first kappa shape index (κ1) is 18.3. The zero-order chi connectivity index (χ0) is 18.8. The topological polar surface area (TPSA) is 54.3 Å². The first-order valence-corrected chi connectivity index (χ1v) is 8.67. The number of aryl methyl sites for hydroxylation is 1. The third-order valence-electron chi connectivity index (χ3n) is 4.06. The van der Waals surface area contributed by atoms with E-state index in [0.717, 1.165) is 10.9 Å². The van der Waals surface area contributed by atoms with Crippen LogP contribution in [0.15, 0.2) is 48.7 Å². The molecule has 0 aliphatic carbocycles. The first-order valence-electron chi connectivity index (χ1n) is 7.91. The van der Waals surface area contributed by atoms with Gasteiger partial charge in [-0.1, -0.05) is 41.4 Å². The van der Waals surface area contributed by atoms with Crippen LogP contribution in [0, 0.1) is 0 Å². The molecule has 1 aromatic heterocycles. The molecule has 0 aliphatic rings. The third-order valence-corrected chi connectivity index (χ3v) is 4.80. The average Bonchev–Trinajstić information content (AvgIpc) is 2.94. The molecule has 134 valence electrons. The number of rotatable bonds is 4. The molecule has 1 N–H and O–H groups in total. The van der Waals surface area contributed by atoms with Gasteiger partial charge in [-0.2, -0.15) is 0 Å². The van der Waals surface area contributed by atoms with Gasteiger partial charge in [-0.15, -0.1) is 0 Å². The highest BCUT2D eigenvalue weighted by Crippen LogP contribution is 2.25. The Labute approximate surface area is 161 Å². The quantitative estimate of drug-likeness (QED) is 0.726. The number of aromatic nitrogens is 1. The molecule has 0 unspecified atom stereocenters. The van der Waals surface area contributed by atoms with E-state index in [1.807, 2.05) is 35.9 Å². The van der Waals surface area contributed by atoms with Crippen molar-refractivity contribution in [1.29, 1.82) is 0 Å². The summed E-state index contributed by atoms with van der Waals surface area (Å²) in [5.74, 6) is -0.537. The molecule has 26 heavy (non-hydrogen) atoms. The number of hydrogen-bond acceptors (Lipinski definition) is 2. The number of benzene rings is 2. The Bertz CT molecular complexity index is 998. The Kier molecular flexibility index (Phi) is 5.20. The third kappa shape index (κ3) is 3.69. The van der Waals surface area contributed by atoms with Crippen LogP contribution < -0.4 is 5.32 Å². The number of halogens is 2. The predicted molar refractivity (Wildman–Crippen MR) is 105 cm³/mol. The molecule has 2 amide bonds. The van der Waals surface area contributed by atoms with E-state index >= 15 is 0 Å². The molecule has 5 nitrogen and oxygen atoms in total. The van der Waals surface area contributed by atoms with Crippen molar-refractivity contribution in [2.24, 2.45) is 7.05 Å². The molecule has 0 aliphatic heterocycles. The predicted octanol–water partition coefficient (Wildman–Crippen LogP) is 4.20. The Morgan fingerprint density at radius 1 is 1.12 bits per heavy atom. The van der Waals surface area contributed by atoms with Gasteiger partial charge < -0.3 is 14.8 Å². The first-order chi connectivity index (χ1) is 12.4. The number of nitrogens with zero attached hydrogens (tertiary/aromatic N) is 2. The highest BCUT2D eigenvalue weighted by atomic mass is 35.5. The van der Waals surface area contributed by atoms with Gasteiger partial charge in [0.1, 0.15) is 0 Å². The molecule has 0 bridgehead atoms. The number of carbonyl (C=O) groups excluding carboxylic acids is 2. The van der Waals surface area contributed by atoms with Gasteiger partial charge in [-0.05, 0) is 24.3 Å². The van der Waals surface area contributed by atoms with Crippen LogP contribution in [0.3, 0.4) is 0 Å². The van der Waals surface area contributed by atoms with Gasteiger partial charge in [-0.25, -0.2) is 0 Å². The van der Waals surface area contributed by atoms with Gasteiger partial charge in [0.25, 0.3) is 5.91 Å². The van der Waals surface area contributed by atoms with Crippen molar-refractivity contribution < 1.29 is 9.59 Å². The van der Waals surface area contributed by atoms with Crippen LogP contribution in [0.25, 0.3) is 10.9 Å². The smallest absolute Gasteiger partial charge is 0.256 e. The van der Waals surface area contributed by atoms with E-state index in [9.17, 15) is 9.59 Å². The molecule has 3 rings (SSSR count). The monoisotopic (exact) mass is 389 g/mol. The van der Waals surface area contributed by atoms with E-state index in [4.69, 9.17) is 23.2 Å². The summed E-state index contributed by atoms with van der Waals surface area (Å²) in [6.07, 6.45) is 1.78. The number of anilines is 1. The second kappa shape index (κ2) is 7.40. The van der Waals surface area contributed by atoms with Crippen LogP contribution in [-0.2, 0) is 11.8 Å². The SMILES string of the molecule is CN(CC(=O)Nc1ccc(Cl)c(Cl)c1)C(=O)c1cn(C)c2ccccc12. The molecular weight excluding hydrogens is 373 g/mol. The van der Waals surface area contributed by atoms with E-state index < -0.39 is 0 Å². The number of carbonyl (C=O) groups is 2. The largest absolute Gasteiger partial charge is 0.350 e. The maximum absolute atomic E-state index is 12.8. The van der Waals surface area contributed by atoms with Gasteiger partial charge in [-0.3, -0.25) is 9.59 Å². The Hall–Kier alpha value is -2.50. The van der Waals surface area contributed by atoms with Crippen LogP contribution in [-0.4, -0.2) is 34.9 Å². The fraction of sp³-hybridized carbons (Fsp3) is 0.158. The standard InChI is InChI=1S/C19H17Cl2N3O2/c1-23-10-14(13-5-3-4-6-17(13)23)19(26)24(2)11-18(25)22-12-7-8-15(20)16(21)9-12/h3-10H,11H2,1-2H3,(H,22,25). The fourth-order valence-electron chi connectivity index (χ4n) is 2.78. The molecule has 0 atom stereocenters. The second-order valence-electron chi connectivity index (χ2n) is 6.01. The summed E-state index contributed by atoms with van der Waals surface area (Å²) in [5.41, 5.74) is 2.05. The molecular formula is C19H17Cl2N3O2. The summed E-state index contributed by atoms with van der Waals surface area (Å²) in [6.45, 7) is -0.0811. The van der Waals surface area contributed by atoms with Gasteiger partial charge in [0.05, 0.1) is 22.2 Å². The van der Waals surface area contributed by atoms with Crippen molar-refractivity contribution in [3.8, 4) is 0 Å². The van der Waals surface area contributed by atoms with E-state index in [1.54, 1.807) is 31.4 Å². The van der Waals surface area contributed by atoms with Crippen molar-refractivity contribution in [1.82, 2.24) is 9.47 Å². The van der Waals surface area contributed by atoms with Crippen molar-refractivity contribution in [3.05, 3.63) is 64.3 Å². The van der Waals surface area contributed by atoms with E-state index in [-0.39, 0.29) is 18.4 Å². The van der Waals surface area contributed by atoms with E-state index in [1.165, 1.54) is 4.90 Å². The summed E-state index contributed by atoms with van der Waals surface area (Å²) < 4.78 is 1.90. The lowest BCUT2D eigenvalue weighted by Gasteiger charge is -2.16. The van der Waals surface area contributed by atoms with Gasteiger partial charge >= 0.3 is 0 Å². The number of fused-ring (bicyclic) bond motifs is 1. The lowest BCUT2D eigenvalue weighted by Crippen LogP contribution is -2.34. The molecule has 3 aromatic rings. The number of amides is 2. The summed E-state index contributed by atoms with van der Waals surface area (Å²) >= 11 is 11.8. The highest BCUT2D eigenvalue weighted by molar-refractivity contribution is 6.42. The number of nitrogens with one attached hydrogen (secondary N) is 1. The second-order valence-corrected chi connectivity index (χ2v) is 6.82. The lowest BCUT2D eigenvalue weighted by atomic mass is 10.1. The van der Waals surface area contributed by atoms with Crippen molar-refractivity contribution in [2.75, 3.05) is 18.9 Å². The van der Waals surface area contributed by atoms with Crippen molar-refractivity contribution in [2.45, 2.75) is 0 Å². The normalized spacial score (nSPS) is 10.8. The number of para-hydroxylation sites is 1. The molecule has 1 heterocycles.